The van der Waals surface area contributed by atoms with E-state index in [-0.39, 0.29) is 10.9 Å². The maximum Gasteiger partial charge on any atom is 0.328 e. The van der Waals surface area contributed by atoms with Gasteiger partial charge in [-0.2, -0.15) is 4.57 Å². The van der Waals surface area contributed by atoms with Gasteiger partial charge >= 0.3 is 6.03 Å². The number of anilines is 2. The number of nitrogens with zero attached hydrogens (tertiary/aromatic N) is 1. The van der Waals surface area contributed by atoms with Gasteiger partial charge in [0.25, 0.3) is 10.0 Å². The van der Waals surface area contributed by atoms with Crippen LogP contribution in [0, 0.1) is 6.92 Å². The van der Waals surface area contributed by atoms with E-state index in [9.17, 15) is 13.2 Å². The molecular weight excluding hydrogens is 400 g/mol. The predicted molar refractivity (Wildman–Crippen MR) is 116 cm³/mol. The number of nitrogens with one attached hydrogen (secondary N) is 3. The van der Waals surface area contributed by atoms with Gasteiger partial charge in [-0.1, -0.05) is 30.3 Å². The molecule has 7 nitrogen and oxygen atoms in total. The molecule has 2 amide bonds. The molecule has 0 unspecified atom stereocenters. The first kappa shape index (κ1) is 21.3. The monoisotopic (exact) mass is 425 g/mol. The molecule has 0 saturated heterocycles. The lowest BCUT2D eigenvalue weighted by atomic mass is 10.2. The van der Waals surface area contributed by atoms with Gasteiger partial charge in [-0.05, 0) is 38.5 Å². The lowest BCUT2D eigenvalue weighted by Crippen LogP contribution is -2.43. The van der Waals surface area contributed by atoms with Gasteiger partial charge in [0.15, 0.2) is 17.3 Å². The molecule has 0 atom stereocenters. The van der Waals surface area contributed by atoms with Crippen LogP contribution < -0.4 is 19.9 Å². The number of pyridine rings is 1. The zero-order valence-electron chi connectivity index (χ0n) is 17.1. The van der Waals surface area contributed by atoms with E-state index >= 15 is 0 Å². The summed E-state index contributed by atoms with van der Waals surface area (Å²) >= 11 is 0. The standard InChI is InChI=1S/C22H24N4O3S/c1-16(2)23-22(27)25-30(28,29)21-15-26(19-10-5-4-6-11-19)13-12-20(21)24-18-9-7-8-17(3)14-18/h4-16H,1-3H3,(H2,23,25,27)/p+1. The van der Waals surface area contributed by atoms with Crippen LogP contribution in [0.1, 0.15) is 19.4 Å². The number of rotatable bonds is 6. The molecule has 0 aliphatic heterocycles. The Hall–Kier alpha value is -3.39. The van der Waals surface area contributed by atoms with E-state index in [4.69, 9.17) is 0 Å². The van der Waals surface area contributed by atoms with E-state index in [2.05, 4.69) is 15.4 Å². The highest BCUT2D eigenvalue weighted by Gasteiger charge is 2.26. The first-order valence-corrected chi connectivity index (χ1v) is 11.0. The Kier molecular flexibility index (Phi) is 6.37. The van der Waals surface area contributed by atoms with Crippen molar-refractivity contribution in [2.45, 2.75) is 31.7 Å². The fraction of sp³-hybridized carbons (Fsp3) is 0.182. The number of carbonyl (C=O) groups is 1. The van der Waals surface area contributed by atoms with Crippen molar-refractivity contribution in [3.63, 3.8) is 0 Å². The van der Waals surface area contributed by atoms with Gasteiger partial charge in [-0.15, -0.1) is 0 Å². The molecule has 0 aliphatic rings. The lowest BCUT2D eigenvalue weighted by molar-refractivity contribution is -0.597. The zero-order valence-corrected chi connectivity index (χ0v) is 17.9. The summed E-state index contributed by atoms with van der Waals surface area (Å²) in [7, 11) is -4.14. The Bertz CT molecular complexity index is 1150. The van der Waals surface area contributed by atoms with Crippen molar-refractivity contribution in [3.8, 4) is 5.69 Å². The van der Waals surface area contributed by atoms with E-state index in [1.165, 1.54) is 6.20 Å². The number of benzene rings is 2. The fourth-order valence-electron chi connectivity index (χ4n) is 2.90. The number of amides is 2. The van der Waals surface area contributed by atoms with Crippen molar-refractivity contribution in [2.24, 2.45) is 0 Å². The number of hydrogen-bond donors (Lipinski definition) is 3. The summed E-state index contributed by atoms with van der Waals surface area (Å²) in [5, 5.41) is 5.68. The maximum atomic E-state index is 13.1. The summed E-state index contributed by atoms with van der Waals surface area (Å²) in [4.78, 5) is 12.0. The van der Waals surface area contributed by atoms with Crippen molar-refractivity contribution in [2.75, 3.05) is 5.32 Å². The molecule has 3 rings (SSSR count). The van der Waals surface area contributed by atoms with Crippen molar-refractivity contribution in [3.05, 3.63) is 78.6 Å². The fourth-order valence-corrected chi connectivity index (χ4v) is 3.97. The van der Waals surface area contributed by atoms with Crippen LogP contribution in [0.15, 0.2) is 78.0 Å². The summed E-state index contributed by atoms with van der Waals surface area (Å²) in [5.74, 6) is 0. The molecule has 30 heavy (non-hydrogen) atoms. The normalized spacial score (nSPS) is 11.2. The largest absolute Gasteiger partial charge is 0.354 e. The highest BCUT2D eigenvalue weighted by atomic mass is 32.2. The summed E-state index contributed by atoms with van der Waals surface area (Å²) in [6.07, 6.45) is 3.25. The minimum atomic E-state index is -4.14. The average Bonchev–Trinajstić information content (AvgIpc) is 2.68. The topological polar surface area (TPSA) is 91.2 Å². The minimum absolute atomic E-state index is 0.0470. The van der Waals surface area contributed by atoms with Crippen LogP contribution in [0.4, 0.5) is 16.2 Å². The second-order valence-corrected chi connectivity index (χ2v) is 8.84. The van der Waals surface area contributed by atoms with Crippen LogP contribution in [-0.4, -0.2) is 20.5 Å². The van der Waals surface area contributed by atoms with Crippen LogP contribution in [0.2, 0.25) is 0 Å². The van der Waals surface area contributed by atoms with Crippen LogP contribution in [0.3, 0.4) is 0 Å². The van der Waals surface area contributed by atoms with Gasteiger partial charge in [0, 0.05) is 29.9 Å². The maximum absolute atomic E-state index is 13.1. The van der Waals surface area contributed by atoms with Gasteiger partial charge in [-0.3, -0.25) is 0 Å². The van der Waals surface area contributed by atoms with E-state index < -0.39 is 16.1 Å². The first-order valence-electron chi connectivity index (χ1n) is 9.52. The molecule has 0 fully saturated rings. The molecule has 156 valence electrons. The Balaban J connectivity index is 2.04. The van der Waals surface area contributed by atoms with Crippen LogP contribution in [0.25, 0.3) is 5.69 Å². The zero-order chi connectivity index (χ0) is 21.7. The molecule has 0 radical (unpaired) electrons. The summed E-state index contributed by atoms with van der Waals surface area (Å²) in [6.45, 7) is 5.46. The molecule has 0 saturated carbocycles. The van der Waals surface area contributed by atoms with Crippen LogP contribution >= 0.6 is 0 Å². The van der Waals surface area contributed by atoms with Crippen molar-refractivity contribution >= 4 is 27.4 Å². The molecular formula is C22H25N4O3S+. The highest BCUT2D eigenvalue weighted by molar-refractivity contribution is 7.90. The molecule has 8 heteroatoms. The van der Waals surface area contributed by atoms with Gasteiger partial charge in [0.1, 0.15) is 0 Å². The van der Waals surface area contributed by atoms with Gasteiger partial charge in [0.05, 0.1) is 5.69 Å². The van der Waals surface area contributed by atoms with Crippen LogP contribution in [-0.2, 0) is 10.0 Å². The lowest BCUT2D eigenvalue weighted by Gasteiger charge is -2.14. The van der Waals surface area contributed by atoms with Crippen molar-refractivity contribution in [1.82, 2.24) is 10.0 Å². The Morgan fingerprint density at radius 2 is 1.73 bits per heavy atom. The number of sulfonamides is 1. The molecule has 0 bridgehead atoms. The molecule has 1 heterocycles. The highest BCUT2D eigenvalue weighted by Crippen LogP contribution is 2.24. The number of urea groups is 1. The Labute approximate surface area is 176 Å². The first-order chi connectivity index (χ1) is 14.2. The third-order valence-electron chi connectivity index (χ3n) is 4.21. The second-order valence-electron chi connectivity index (χ2n) is 7.19. The second kappa shape index (κ2) is 8.96. The van der Waals surface area contributed by atoms with Crippen molar-refractivity contribution < 1.29 is 17.8 Å². The third kappa shape index (κ3) is 5.36. The summed E-state index contributed by atoms with van der Waals surface area (Å²) in [6, 6.07) is 17.6. The van der Waals surface area contributed by atoms with Gasteiger partial charge < -0.3 is 10.6 Å². The van der Waals surface area contributed by atoms with Gasteiger partial charge in [-0.25, -0.2) is 17.9 Å². The number of hydrogen-bond acceptors (Lipinski definition) is 4. The van der Waals surface area contributed by atoms with E-state index in [1.54, 1.807) is 30.7 Å². The molecule has 0 aliphatic carbocycles. The number of carbonyl (C=O) groups excluding carboxylic acids is 1. The number of aryl methyl sites for hydroxylation is 1. The van der Waals surface area contributed by atoms with Crippen LogP contribution in [0.5, 0.6) is 0 Å². The molecule has 0 spiro atoms. The Morgan fingerprint density at radius 1 is 1.00 bits per heavy atom. The SMILES string of the molecule is Cc1cccc(Nc2cc[n+](-c3ccccc3)cc2S(=O)(=O)NC(=O)NC(C)C)c1. The predicted octanol–water partition coefficient (Wildman–Crippen LogP) is 3.41. The minimum Gasteiger partial charge on any atom is -0.354 e. The van der Waals surface area contributed by atoms with Crippen molar-refractivity contribution in [1.29, 1.82) is 0 Å². The summed E-state index contributed by atoms with van der Waals surface area (Å²) < 4.78 is 29.9. The van der Waals surface area contributed by atoms with E-state index in [0.717, 1.165) is 16.9 Å². The molecule has 1 aromatic heterocycles. The van der Waals surface area contributed by atoms with E-state index in [1.807, 2.05) is 61.5 Å². The number of aromatic nitrogens is 1. The summed E-state index contributed by atoms with van der Waals surface area (Å²) in [5.41, 5.74) is 2.94. The number of para-hydroxylation sites is 1. The van der Waals surface area contributed by atoms with E-state index in [0.29, 0.717) is 5.69 Å². The molecule has 3 aromatic rings. The molecule has 3 N–H and O–H groups in total. The molecule has 2 aromatic carbocycles. The average molecular weight is 426 g/mol. The smallest absolute Gasteiger partial charge is 0.328 e. The Morgan fingerprint density at radius 3 is 2.40 bits per heavy atom. The third-order valence-corrected chi connectivity index (χ3v) is 5.57. The van der Waals surface area contributed by atoms with Gasteiger partial charge in [0.2, 0.25) is 5.69 Å². The quantitative estimate of drug-likeness (QED) is 0.528.